The van der Waals surface area contributed by atoms with Gasteiger partial charge in [-0.25, -0.2) is 0 Å². The van der Waals surface area contributed by atoms with E-state index in [0.717, 1.165) is 16.8 Å². The van der Waals surface area contributed by atoms with E-state index in [1.165, 1.54) is 0 Å². The van der Waals surface area contributed by atoms with Crippen molar-refractivity contribution in [2.24, 2.45) is 7.05 Å². The number of amides is 1. The van der Waals surface area contributed by atoms with Crippen LogP contribution < -0.4 is 10.9 Å². The van der Waals surface area contributed by atoms with E-state index in [0.29, 0.717) is 17.6 Å². The maximum atomic E-state index is 12.5. The molecule has 23 heavy (non-hydrogen) atoms. The molecule has 2 aromatic heterocycles. The molecule has 1 amide bonds. The van der Waals surface area contributed by atoms with Crippen molar-refractivity contribution in [3.63, 3.8) is 0 Å². The normalized spacial score (nSPS) is 10.9. The first-order valence-electron chi connectivity index (χ1n) is 7.58. The summed E-state index contributed by atoms with van der Waals surface area (Å²) in [5.74, 6) is -0.227. The highest BCUT2D eigenvalue weighted by atomic mass is 16.2. The fraction of sp³-hybridized carbons (Fsp3) is 0.222. The van der Waals surface area contributed by atoms with E-state index < -0.39 is 0 Å². The lowest BCUT2D eigenvalue weighted by molar-refractivity contribution is 0.102. The fourth-order valence-electron chi connectivity index (χ4n) is 2.67. The molecule has 3 rings (SSSR count). The second kappa shape index (κ2) is 5.76. The number of carbonyl (C=O) groups excluding carboxylic acids is 1. The summed E-state index contributed by atoms with van der Waals surface area (Å²) in [5.41, 5.74) is 3.01. The molecule has 0 fully saturated rings. The minimum Gasteiger partial charge on any atom is -0.339 e. The van der Waals surface area contributed by atoms with Crippen molar-refractivity contribution in [2.75, 3.05) is 5.32 Å². The van der Waals surface area contributed by atoms with Crippen LogP contribution in [0.5, 0.6) is 0 Å². The summed E-state index contributed by atoms with van der Waals surface area (Å²) in [6.45, 7) is 4.52. The zero-order valence-corrected chi connectivity index (χ0v) is 13.5. The lowest BCUT2D eigenvalue weighted by Crippen LogP contribution is -2.17. The van der Waals surface area contributed by atoms with Gasteiger partial charge in [-0.05, 0) is 38.1 Å². The number of benzene rings is 1. The van der Waals surface area contributed by atoms with E-state index in [9.17, 15) is 9.59 Å². The van der Waals surface area contributed by atoms with Crippen LogP contribution in [0.15, 0.2) is 47.4 Å². The zero-order valence-electron chi connectivity index (χ0n) is 13.5. The predicted octanol–water partition coefficient (Wildman–Crippen LogP) is 2.92. The zero-order chi connectivity index (χ0) is 16.6. The first-order chi connectivity index (χ1) is 11.0. The number of aromatic nitrogens is 2. The average molecular weight is 309 g/mol. The molecule has 0 bridgehead atoms. The second-order valence-electron chi connectivity index (χ2n) is 5.61. The van der Waals surface area contributed by atoms with Gasteiger partial charge in [-0.2, -0.15) is 0 Å². The molecule has 0 unspecified atom stereocenters. The monoisotopic (exact) mass is 309 g/mol. The van der Waals surface area contributed by atoms with Gasteiger partial charge in [0.2, 0.25) is 0 Å². The van der Waals surface area contributed by atoms with Gasteiger partial charge in [0.25, 0.3) is 11.5 Å². The Kier molecular flexibility index (Phi) is 3.78. The van der Waals surface area contributed by atoms with Crippen LogP contribution in [0.1, 0.15) is 23.0 Å². The fourth-order valence-corrected chi connectivity index (χ4v) is 2.67. The van der Waals surface area contributed by atoms with E-state index in [4.69, 9.17) is 0 Å². The van der Waals surface area contributed by atoms with Gasteiger partial charge in [-0.3, -0.25) is 9.59 Å². The Labute approximate surface area is 134 Å². The molecule has 3 aromatic rings. The van der Waals surface area contributed by atoms with Crippen molar-refractivity contribution in [3.05, 3.63) is 64.2 Å². The number of aryl methyl sites for hydroxylation is 3. The molecular formula is C18H19N3O2. The Morgan fingerprint density at radius 3 is 2.52 bits per heavy atom. The number of rotatable bonds is 3. The van der Waals surface area contributed by atoms with Gasteiger partial charge < -0.3 is 14.5 Å². The maximum absolute atomic E-state index is 12.5. The van der Waals surface area contributed by atoms with Crippen LogP contribution in [0.25, 0.3) is 10.9 Å². The highest BCUT2D eigenvalue weighted by Gasteiger charge is 2.16. The largest absolute Gasteiger partial charge is 0.339 e. The van der Waals surface area contributed by atoms with E-state index in [1.54, 1.807) is 28.4 Å². The van der Waals surface area contributed by atoms with E-state index >= 15 is 0 Å². The number of pyridine rings is 1. The van der Waals surface area contributed by atoms with Gasteiger partial charge in [0.15, 0.2) is 0 Å². The molecule has 0 atom stereocenters. The standard InChI is InChI=1S/C18H19N3O2/c1-4-21-10-9-15-14(18(21)23)11-16(20(15)3)17(22)19-13-7-5-12(2)6-8-13/h5-11H,4H2,1-3H3,(H,19,22). The molecule has 0 radical (unpaired) electrons. The molecule has 0 aliphatic rings. The van der Waals surface area contributed by atoms with E-state index in [1.807, 2.05) is 44.2 Å². The molecule has 118 valence electrons. The lowest BCUT2D eigenvalue weighted by Gasteiger charge is -2.07. The SMILES string of the molecule is CCn1ccc2c(cc(C(=O)Nc3ccc(C)cc3)n2C)c1=O. The Morgan fingerprint density at radius 1 is 1.17 bits per heavy atom. The van der Waals surface area contributed by atoms with Crippen LogP contribution in [-0.4, -0.2) is 15.0 Å². The Morgan fingerprint density at radius 2 is 1.87 bits per heavy atom. The third-order valence-corrected chi connectivity index (χ3v) is 4.07. The lowest BCUT2D eigenvalue weighted by atomic mass is 10.2. The number of anilines is 1. The molecule has 0 saturated carbocycles. The third kappa shape index (κ3) is 2.65. The van der Waals surface area contributed by atoms with Crippen LogP contribution in [0.3, 0.4) is 0 Å². The van der Waals surface area contributed by atoms with E-state index in [-0.39, 0.29) is 11.5 Å². The van der Waals surface area contributed by atoms with Gasteiger partial charge >= 0.3 is 0 Å². The molecule has 0 aliphatic carbocycles. The number of fused-ring (bicyclic) bond motifs is 1. The summed E-state index contributed by atoms with van der Waals surface area (Å²) in [6.07, 6.45) is 1.76. The van der Waals surface area contributed by atoms with Crippen molar-refractivity contribution in [3.8, 4) is 0 Å². The minimum atomic E-state index is -0.227. The quantitative estimate of drug-likeness (QED) is 0.809. The molecule has 5 nitrogen and oxygen atoms in total. The molecule has 0 saturated heterocycles. The highest BCUT2D eigenvalue weighted by molar-refractivity contribution is 6.06. The van der Waals surface area contributed by atoms with Crippen molar-refractivity contribution >= 4 is 22.5 Å². The topological polar surface area (TPSA) is 56.0 Å². The van der Waals surface area contributed by atoms with Gasteiger partial charge in [-0.1, -0.05) is 17.7 Å². The third-order valence-electron chi connectivity index (χ3n) is 4.07. The van der Waals surface area contributed by atoms with Crippen molar-refractivity contribution in [1.29, 1.82) is 0 Å². The number of hydrogen-bond acceptors (Lipinski definition) is 2. The molecule has 0 aliphatic heterocycles. The van der Waals surface area contributed by atoms with Crippen molar-refractivity contribution in [1.82, 2.24) is 9.13 Å². The summed E-state index contributed by atoms with van der Waals surface area (Å²) in [4.78, 5) is 24.9. The first-order valence-corrected chi connectivity index (χ1v) is 7.58. The highest BCUT2D eigenvalue weighted by Crippen LogP contribution is 2.17. The summed E-state index contributed by atoms with van der Waals surface area (Å²) < 4.78 is 3.38. The summed E-state index contributed by atoms with van der Waals surface area (Å²) in [7, 11) is 1.79. The molecule has 1 aromatic carbocycles. The van der Waals surface area contributed by atoms with Gasteiger partial charge in [0, 0.05) is 25.5 Å². The van der Waals surface area contributed by atoms with Crippen LogP contribution in [0.4, 0.5) is 5.69 Å². The Balaban J connectivity index is 2.00. The maximum Gasteiger partial charge on any atom is 0.272 e. The summed E-state index contributed by atoms with van der Waals surface area (Å²) >= 11 is 0. The summed E-state index contributed by atoms with van der Waals surface area (Å²) in [6, 6.07) is 11.1. The minimum absolute atomic E-state index is 0.0741. The Bertz CT molecular complexity index is 933. The second-order valence-corrected chi connectivity index (χ2v) is 5.61. The molecule has 0 spiro atoms. The van der Waals surface area contributed by atoms with Gasteiger partial charge in [0.05, 0.1) is 10.9 Å². The molecular weight excluding hydrogens is 290 g/mol. The first kappa shape index (κ1) is 15.1. The number of hydrogen-bond donors (Lipinski definition) is 1. The van der Waals surface area contributed by atoms with Crippen molar-refractivity contribution < 1.29 is 4.79 Å². The molecule has 5 heteroatoms. The number of nitrogens with one attached hydrogen (secondary N) is 1. The smallest absolute Gasteiger partial charge is 0.272 e. The van der Waals surface area contributed by atoms with Crippen LogP contribution in [0, 0.1) is 6.92 Å². The average Bonchev–Trinajstić information content (AvgIpc) is 2.88. The Hall–Kier alpha value is -2.82. The van der Waals surface area contributed by atoms with Crippen LogP contribution in [0.2, 0.25) is 0 Å². The van der Waals surface area contributed by atoms with Crippen molar-refractivity contribution in [2.45, 2.75) is 20.4 Å². The van der Waals surface area contributed by atoms with E-state index in [2.05, 4.69) is 5.32 Å². The van der Waals surface area contributed by atoms with Crippen LogP contribution in [-0.2, 0) is 13.6 Å². The number of nitrogens with zero attached hydrogens (tertiary/aromatic N) is 2. The predicted molar refractivity (Wildman–Crippen MR) is 92.0 cm³/mol. The van der Waals surface area contributed by atoms with Gasteiger partial charge in [-0.15, -0.1) is 0 Å². The molecule has 1 N–H and O–H groups in total. The van der Waals surface area contributed by atoms with Gasteiger partial charge in [0.1, 0.15) is 5.69 Å². The number of carbonyl (C=O) groups is 1. The van der Waals surface area contributed by atoms with Crippen LogP contribution >= 0.6 is 0 Å². The molecule has 2 heterocycles. The summed E-state index contributed by atoms with van der Waals surface area (Å²) in [5, 5.41) is 3.43.